The molecule has 2 spiro atoms. The predicted octanol–water partition coefficient (Wildman–Crippen LogP) is 5.98. The molecular formula is C36H48O6Si. The van der Waals surface area contributed by atoms with E-state index in [1.54, 1.807) is 0 Å². The van der Waals surface area contributed by atoms with E-state index in [0.29, 0.717) is 13.0 Å². The molecule has 0 aliphatic carbocycles. The van der Waals surface area contributed by atoms with Gasteiger partial charge < -0.3 is 28.5 Å². The normalized spacial score (nSPS) is 34.4. The molecule has 1 N–H and O–H groups in total. The molecule has 6 rings (SSSR count). The third kappa shape index (κ3) is 6.10. The first-order chi connectivity index (χ1) is 20.6. The summed E-state index contributed by atoms with van der Waals surface area (Å²) >= 11 is 0. The van der Waals surface area contributed by atoms with Crippen LogP contribution in [-0.4, -0.2) is 56.2 Å². The van der Waals surface area contributed by atoms with Crippen molar-refractivity contribution in [1.82, 2.24) is 0 Å². The van der Waals surface area contributed by atoms with Gasteiger partial charge in [-0.05, 0) is 47.2 Å². The van der Waals surface area contributed by atoms with E-state index in [2.05, 4.69) is 113 Å². The fraction of sp³-hybridized carbons (Fsp3) is 0.556. The van der Waals surface area contributed by atoms with Gasteiger partial charge in [0.25, 0.3) is 8.32 Å². The predicted molar refractivity (Wildman–Crippen MR) is 171 cm³/mol. The average Bonchev–Trinajstić information content (AvgIpc) is 3.52. The molecular weight excluding hydrogens is 556 g/mol. The Kier molecular flexibility index (Phi) is 8.88. The van der Waals surface area contributed by atoms with Crippen molar-refractivity contribution < 1.29 is 28.5 Å². The summed E-state index contributed by atoms with van der Waals surface area (Å²) in [5.74, 6) is -1.30. The minimum absolute atomic E-state index is 0.0220. The number of benzene rings is 2. The zero-order valence-corrected chi connectivity index (χ0v) is 27.1. The topological polar surface area (TPSA) is 66.4 Å². The van der Waals surface area contributed by atoms with Gasteiger partial charge in [-0.2, -0.15) is 0 Å². The van der Waals surface area contributed by atoms with Gasteiger partial charge >= 0.3 is 0 Å². The van der Waals surface area contributed by atoms with Crippen molar-refractivity contribution in [2.24, 2.45) is 5.92 Å². The van der Waals surface area contributed by atoms with E-state index >= 15 is 0 Å². The van der Waals surface area contributed by atoms with Gasteiger partial charge in [-0.15, -0.1) is 0 Å². The van der Waals surface area contributed by atoms with Gasteiger partial charge in [0, 0.05) is 31.8 Å². The zero-order chi connectivity index (χ0) is 30.1. The van der Waals surface area contributed by atoms with Crippen molar-refractivity contribution in [1.29, 1.82) is 0 Å². The molecule has 0 aromatic heterocycles. The number of ether oxygens (including phenoxy) is 4. The van der Waals surface area contributed by atoms with Crippen LogP contribution in [0.25, 0.3) is 0 Å². The van der Waals surface area contributed by atoms with E-state index in [4.69, 9.17) is 23.4 Å². The van der Waals surface area contributed by atoms with Gasteiger partial charge in [0.1, 0.15) is 0 Å². The molecule has 0 bridgehead atoms. The molecule has 0 saturated carbocycles. The minimum atomic E-state index is -2.51. The number of hydrogen-bond acceptors (Lipinski definition) is 6. The quantitative estimate of drug-likeness (QED) is 0.227. The maximum atomic E-state index is 9.98. The Labute approximate surface area is 258 Å². The first-order valence-electron chi connectivity index (χ1n) is 16.1. The van der Waals surface area contributed by atoms with Crippen LogP contribution in [0.3, 0.4) is 0 Å². The Morgan fingerprint density at radius 1 is 0.953 bits per heavy atom. The molecule has 232 valence electrons. The number of fused-ring (bicyclic) bond motifs is 1. The summed E-state index contributed by atoms with van der Waals surface area (Å²) in [6, 6.07) is 21.6. The third-order valence-electron chi connectivity index (χ3n) is 9.73. The first-order valence-corrected chi connectivity index (χ1v) is 18.0. The van der Waals surface area contributed by atoms with Crippen LogP contribution in [0.15, 0.2) is 85.0 Å². The molecule has 0 amide bonds. The van der Waals surface area contributed by atoms with E-state index in [-0.39, 0.29) is 29.3 Å². The van der Waals surface area contributed by atoms with Crippen molar-refractivity contribution in [3.63, 3.8) is 0 Å². The molecule has 3 saturated heterocycles. The van der Waals surface area contributed by atoms with Crippen molar-refractivity contribution in [3.05, 3.63) is 85.0 Å². The maximum Gasteiger partial charge on any atom is 0.261 e. The number of rotatable bonds is 8. The monoisotopic (exact) mass is 604 g/mol. The summed E-state index contributed by atoms with van der Waals surface area (Å²) in [5, 5.41) is 12.6. The molecule has 0 radical (unpaired) electrons. The van der Waals surface area contributed by atoms with Gasteiger partial charge in [0.2, 0.25) is 0 Å². The molecule has 4 heterocycles. The van der Waals surface area contributed by atoms with Crippen molar-refractivity contribution in [2.75, 3.05) is 6.61 Å². The first kappa shape index (κ1) is 30.9. The van der Waals surface area contributed by atoms with Crippen LogP contribution < -0.4 is 10.4 Å². The summed E-state index contributed by atoms with van der Waals surface area (Å²) in [4.78, 5) is 0. The Morgan fingerprint density at radius 2 is 1.65 bits per heavy atom. The van der Waals surface area contributed by atoms with Crippen molar-refractivity contribution >= 4 is 18.7 Å². The number of aliphatic hydroxyl groups is 1. The summed E-state index contributed by atoms with van der Waals surface area (Å²) in [6.45, 7) is 9.82. The van der Waals surface area contributed by atoms with Gasteiger partial charge in [-0.1, -0.05) is 107 Å². The van der Waals surface area contributed by atoms with Crippen LogP contribution in [0.4, 0.5) is 0 Å². The van der Waals surface area contributed by atoms with Crippen LogP contribution >= 0.6 is 0 Å². The lowest BCUT2D eigenvalue weighted by Crippen LogP contribution is -2.66. The van der Waals surface area contributed by atoms with Gasteiger partial charge in [0.15, 0.2) is 17.9 Å². The Hall–Kier alpha value is -2.10. The highest BCUT2D eigenvalue weighted by atomic mass is 28.4. The average molecular weight is 605 g/mol. The number of allylic oxidation sites excluding steroid dienone is 1. The summed E-state index contributed by atoms with van der Waals surface area (Å²) in [7, 11) is -2.51. The summed E-state index contributed by atoms with van der Waals surface area (Å²) in [6.07, 6.45) is 13.2. The van der Waals surface area contributed by atoms with E-state index in [1.807, 2.05) is 0 Å². The summed E-state index contributed by atoms with van der Waals surface area (Å²) < 4.78 is 32.5. The second-order valence-electron chi connectivity index (χ2n) is 13.8. The van der Waals surface area contributed by atoms with E-state index < -0.39 is 26.2 Å². The largest absolute Gasteiger partial charge is 0.407 e. The van der Waals surface area contributed by atoms with Gasteiger partial charge in [-0.25, -0.2) is 0 Å². The molecule has 4 aliphatic heterocycles. The highest BCUT2D eigenvalue weighted by Gasteiger charge is 2.59. The van der Waals surface area contributed by atoms with Crippen LogP contribution in [-0.2, 0) is 23.4 Å². The molecule has 3 fully saturated rings. The smallest absolute Gasteiger partial charge is 0.261 e. The van der Waals surface area contributed by atoms with Crippen molar-refractivity contribution in [3.8, 4) is 0 Å². The lowest BCUT2D eigenvalue weighted by atomic mass is 9.86. The second kappa shape index (κ2) is 12.4. The van der Waals surface area contributed by atoms with E-state index in [1.165, 1.54) is 10.4 Å². The highest BCUT2D eigenvalue weighted by Crippen LogP contribution is 2.52. The number of aliphatic hydroxyl groups excluding tert-OH is 1. The molecule has 2 aromatic carbocycles. The molecule has 6 nitrogen and oxygen atoms in total. The van der Waals surface area contributed by atoms with Gasteiger partial charge in [0.05, 0.1) is 18.3 Å². The Bertz CT molecular complexity index is 1240. The van der Waals surface area contributed by atoms with E-state index in [0.717, 1.165) is 38.5 Å². The van der Waals surface area contributed by atoms with E-state index in [9.17, 15) is 5.11 Å². The zero-order valence-electron chi connectivity index (χ0n) is 26.1. The van der Waals surface area contributed by atoms with Crippen molar-refractivity contribution in [2.45, 2.75) is 114 Å². The Balaban J connectivity index is 1.06. The number of unbranched alkanes of at least 4 members (excludes halogenated alkanes) is 1. The minimum Gasteiger partial charge on any atom is -0.407 e. The van der Waals surface area contributed by atoms with Crippen LogP contribution in [0.2, 0.25) is 5.04 Å². The lowest BCUT2D eigenvalue weighted by molar-refractivity contribution is -0.355. The summed E-state index contributed by atoms with van der Waals surface area (Å²) in [5.41, 5.74) is 0. The molecule has 7 atom stereocenters. The standard InChI is InChI=1S/C36H48O6Si/c1-27-25-31-32(26-33(37)39-31)41-36(27)23-22-35(42-36)21-14-16-28(40-35)15-8-7-13-24-38-43(34(2,3)4,29-17-9-5-10-18-29)30-19-11-6-12-20-30/h5-6,8-12,14-15,17-21,27-28,31-33,37H,7,13,16,22-26H2,1-4H3/b15-8+/t27-,28-,31-,32-,33?,35+,36-/m1/s1. The van der Waals surface area contributed by atoms with Crippen LogP contribution in [0, 0.1) is 5.92 Å². The fourth-order valence-electron chi connectivity index (χ4n) is 7.58. The molecule has 43 heavy (non-hydrogen) atoms. The van der Waals surface area contributed by atoms with Crippen LogP contribution in [0.1, 0.15) is 72.6 Å². The fourth-order valence-corrected chi connectivity index (χ4v) is 12.2. The number of hydrogen-bond donors (Lipinski definition) is 1. The molecule has 4 aliphatic rings. The second-order valence-corrected chi connectivity index (χ2v) is 18.1. The highest BCUT2D eigenvalue weighted by molar-refractivity contribution is 6.99. The van der Waals surface area contributed by atoms with Gasteiger partial charge in [-0.3, -0.25) is 0 Å². The Morgan fingerprint density at radius 3 is 2.33 bits per heavy atom. The third-order valence-corrected chi connectivity index (χ3v) is 14.8. The SMILES string of the molecule is C[C@@H]1C[C@H]2OC(O)C[C@H]2O[C@@]12CC[C@]1(C=CC[C@@H](/C=C/CCCO[Si](c3ccccc3)(c3ccccc3)C(C)(C)C)O1)O2. The molecule has 7 heteroatoms. The molecule has 2 aromatic rings. The van der Waals surface area contributed by atoms with Crippen LogP contribution in [0.5, 0.6) is 0 Å². The maximum absolute atomic E-state index is 9.98. The molecule has 1 unspecified atom stereocenters. The lowest BCUT2D eigenvalue weighted by Gasteiger charge is -2.45.